The molecule has 5 nitrogen and oxygen atoms in total. The van der Waals surface area contributed by atoms with Gasteiger partial charge in [0.25, 0.3) is 5.91 Å². The fourth-order valence-electron chi connectivity index (χ4n) is 3.55. The molecule has 0 saturated carbocycles. The van der Waals surface area contributed by atoms with Gasteiger partial charge in [-0.25, -0.2) is 4.79 Å². The molecule has 150 valence electrons. The van der Waals surface area contributed by atoms with Gasteiger partial charge in [0, 0.05) is 26.7 Å². The Balaban J connectivity index is 1.92. The number of phenols is 1. The average Bonchev–Trinajstić information content (AvgIpc) is 2.97. The summed E-state index contributed by atoms with van der Waals surface area (Å²) in [5.74, 6) is -1.95. The number of aryl methyl sites for hydroxylation is 1. The molecule has 3 aromatic rings. The van der Waals surface area contributed by atoms with Crippen molar-refractivity contribution in [2.75, 3.05) is 4.90 Å². The van der Waals surface area contributed by atoms with Crippen LogP contribution in [0.2, 0.25) is 5.02 Å². The van der Waals surface area contributed by atoms with E-state index >= 15 is 0 Å². The van der Waals surface area contributed by atoms with Crippen molar-refractivity contribution in [3.63, 3.8) is 0 Å². The van der Waals surface area contributed by atoms with E-state index in [1.807, 2.05) is 37.3 Å². The number of anilines is 2. The topological polar surface area (TPSA) is 77.8 Å². The molecule has 1 aliphatic rings. The highest BCUT2D eigenvalue weighted by Crippen LogP contribution is 2.45. The fourth-order valence-corrected chi connectivity index (χ4v) is 4.37. The highest BCUT2D eigenvalue weighted by Gasteiger charge is 2.35. The Bertz CT molecular complexity index is 1230. The molecule has 0 unspecified atom stereocenters. The van der Waals surface area contributed by atoms with Crippen LogP contribution >= 0.6 is 27.5 Å². The number of aromatic carboxylic acids is 1. The number of amides is 1. The Morgan fingerprint density at radius 3 is 2.53 bits per heavy atom. The largest absolute Gasteiger partial charge is 0.507 e. The Hall–Kier alpha value is -3.09. The van der Waals surface area contributed by atoms with E-state index < -0.39 is 11.7 Å². The second-order valence-corrected chi connectivity index (χ2v) is 8.07. The molecule has 1 heterocycles. The third-order valence-electron chi connectivity index (χ3n) is 4.95. The number of hydrogen-bond donors (Lipinski definition) is 2. The number of benzene rings is 3. The van der Waals surface area contributed by atoms with Crippen molar-refractivity contribution < 1.29 is 19.8 Å². The summed E-state index contributed by atoms with van der Waals surface area (Å²) < 4.78 is 0.757. The first kappa shape index (κ1) is 20.2. The molecule has 0 bridgehead atoms. The fraction of sp³-hybridized carbons (Fsp3) is 0.0435. The minimum Gasteiger partial charge on any atom is -0.507 e. The van der Waals surface area contributed by atoms with E-state index in [9.17, 15) is 14.7 Å². The molecule has 0 aromatic heterocycles. The van der Waals surface area contributed by atoms with E-state index in [0.29, 0.717) is 27.5 Å². The molecule has 1 amide bonds. The Labute approximate surface area is 186 Å². The number of carboxylic acids is 1. The smallest absolute Gasteiger partial charge is 0.339 e. The van der Waals surface area contributed by atoms with Crippen LogP contribution < -0.4 is 4.90 Å². The van der Waals surface area contributed by atoms with Crippen LogP contribution in [0.5, 0.6) is 5.75 Å². The van der Waals surface area contributed by atoms with Crippen molar-refractivity contribution >= 4 is 62.4 Å². The van der Waals surface area contributed by atoms with Gasteiger partial charge < -0.3 is 10.2 Å². The van der Waals surface area contributed by atoms with Gasteiger partial charge in [-0.1, -0.05) is 45.7 Å². The van der Waals surface area contributed by atoms with E-state index in [0.717, 1.165) is 15.6 Å². The monoisotopic (exact) mass is 483 g/mol. The third kappa shape index (κ3) is 3.28. The SMILES string of the molecule is Cc1cccc2c1/C(=C\c1c(Cl)cccc1Br)C(=O)N2c1ccc(C(=O)O)c(O)c1. The molecule has 30 heavy (non-hydrogen) atoms. The summed E-state index contributed by atoms with van der Waals surface area (Å²) in [6.07, 6.45) is 1.74. The predicted octanol–water partition coefficient (Wildman–Crippen LogP) is 6.03. The summed E-state index contributed by atoms with van der Waals surface area (Å²) in [5.41, 5.74) is 3.60. The molecule has 4 rings (SSSR count). The Morgan fingerprint density at radius 1 is 1.13 bits per heavy atom. The number of carbonyl (C=O) groups is 2. The van der Waals surface area contributed by atoms with Crippen LogP contribution in [0.15, 0.2) is 59.1 Å². The van der Waals surface area contributed by atoms with Gasteiger partial charge in [-0.2, -0.15) is 0 Å². The zero-order chi connectivity index (χ0) is 21.6. The van der Waals surface area contributed by atoms with Crippen molar-refractivity contribution in [2.45, 2.75) is 6.92 Å². The van der Waals surface area contributed by atoms with E-state index in [1.54, 1.807) is 12.1 Å². The highest BCUT2D eigenvalue weighted by atomic mass is 79.9. The van der Waals surface area contributed by atoms with Crippen molar-refractivity contribution in [2.24, 2.45) is 0 Å². The standard InChI is InChI=1S/C23H15BrClNO4/c1-12-4-2-7-19-21(12)16(11-15-17(24)5-3-6-18(15)25)22(28)26(19)13-8-9-14(23(29)30)20(27)10-13/h2-11,27H,1H3,(H,29,30)/b16-11+. The van der Waals surface area contributed by atoms with E-state index in [4.69, 9.17) is 16.7 Å². The minimum absolute atomic E-state index is 0.231. The summed E-state index contributed by atoms with van der Waals surface area (Å²) in [7, 11) is 0. The number of rotatable bonds is 3. The van der Waals surface area contributed by atoms with Gasteiger partial charge in [0.1, 0.15) is 11.3 Å². The lowest BCUT2D eigenvalue weighted by Crippen LogP contribution is -2.20. The maximum absolute atomic E-state index is 13.5. The average molecular weight is 485 g/mol. The highest BCUT2D eigenvalue weighted by molar-refractivity contribution is 9.10. The number of carboxylic acid groups (broad SMARTS) is 1. The molecule has 0 spiro atoms. The van der Waals surface area contributed by atoms with Gasteiger partial charge in [0.15, 0.2) is 0 Å². The second-order valence-electron chi connectivity index (χ2n) is 6.81. The number of fused-ring (bicyclic) bond motifs is 1. The van der Waals surface area contributed by atoms with Crippen molar-refractivity contribution in [1.29, 1.82) is 0 Å². The molecule has 0 radical (unpaired) electrons. The summed E-state index contributed by atoms with van der Waals surface area (Å²) >= 11 is 9.84. The summed E-state index contributed by atoms with van der Waals surface area (Å²) in [5, 5.41) is 19.8. The van der Waals surface area contributed by atoms with Crippen LogP contribution in [0, 0.1) is 6.92 Å². The van der Waals surface area contributed by atoms with Crippen LogP contribution in [0.1, 0.15) is 27.0 Å². The maximum Gasteiger partial charge on any atom is 0.339 e. The molecule has 7 heteroatoms. The van der Waals surface area contributed by atoms with Gasteiger partial charge in [-0.15, -0.1) is 0 Å². The van der Waals surface area contributed by atoms with Crippen LogP contribution in [-0.2, 0) is 4.79 Å². The predicted molar refractivity (Wildman–Crippen MR) is 120 cm³/mol. The molecule has 0 saturated heterocycles. The van der Waals surface area contributed by atoms with Crippen molar-refractivity contribution in [3.8, 4) is 5.75 Å². The molecule has 2 N–H and O–H groups in total. The van der Waals surface area contributed by atoms with E-state index in [2.05, 4.69) is 15.9 Å². The van der Waals surface area contributed by atoms with E-state index in [-0.39, 0.29) is 11.5 Å². The summed E-state index contributed by atoms with van der Waals surface area (Å²) in [6.45, 7) is 1.91. The lowest BCUT2D eigenvalue weighted by Gasteiger charge is -2.18. The zero-order valence-corrected chi connectivity index (χ0v) is 18.0. The van der Waals surface area contributed by atoms with Crippen LogP contribution in [-0.4, -0.2) is 22.1 Å². The van der Waals surface area contributed by atoms with E-state index in [1.165, 1.54) is 23.1 Å². The maximum atomic E-state index is 13.5. The molecular formula is C23H15BrClNO4. The normalized spacial score (nSPS) is 14.3. The summed E-state index contributed by atoms with van der Waals surface area (Å²) in [4.78, 5) is 26.2. The van der Waals surface area contributed by atoms with Crippen molar-refractivity contribution in [1.82, 2.24) is 0 Å². The first-order valence-corrected chi connectivity index (χ1v) is 10.1. The number of nitrogens with zero attached hydrogens (tertiary/aromatic N) is 1. The first-order valence-electron chi connectivity index (χ1n) is 8.96. The molecule has 0 fully saturated rings. The Kier molecular flexibility index (Phi) is 5.13. The van der Waals surface area contributed by atoms with Crippen LogP contribution in [0.4, 0.5) is 11.4 Å². The van der Waals surface area contributed by atoms with Gasteiger partial charge in [0.05, 0.1) is 16.9 Å². The zero-order valence-electron chi connectivity index (χ0n) is 15.7. The molecule has 0 aliphatic carbocycles. The Morgan fingerprint density at radius 2 is 1.87 bits per heavy atom. The lowest BCUT2D eigenvalue weighted by molar-refractivity contribution is -0.112. The number of hydrogen-bond acceptors (Lipinski definition) is 3. The first-order chi connectivity index (χ1) is 14.3. The van der Waals surface area contributed by atoms with Gasteiger partial charge >= 0.3 is 5.97 Å². The third-order valence-corrected chi connectivity index (χ3v) is 5.97. The molecule has 0 atom stereocenters. The lowest BCUT2D eigenvalue weighted by atomic mass is 9.99. The molecular weight excluding hydrogens is 470 g/mol. The minimum atomic E-state index is -1.24. The van der Waals surface area contributed by atoms with Crippen LogP contribution in [0.3, 0.4) is 0 Å². The number of halogens is 2. The van der Waals surface area contributed by atoms with Crippen LogP contribution in [0.25, 0.3) is 11.6 Å². The summed E-state index contributed by atoms with van der Waals surface area (Å²) in [6, 6.07) is 15.0. The van der Waals surface area contributed by atoms with Gasteiger partial charge in [0.2, 0.25) is 0 Å². The molecule has 3 aromatic carbocycles. The second kappa shape index (κ2) is 7.63. The quantitative estimate of drug-likeness (QED) is 0.445. The van der Waals surface area contributed by atoms with Gasteiger partial charge in [-0.05, 0) is 48.9 Å². The van der Waals surface area contributed by atoms with Gasteiger partial charge in [-0.3, -0.25) is 9.69 Å². The number of aromatic hydroxyl groups is 1. The number of carbonyl (C=O) groups excluding carboxylic acids is 1. The molecule has 1 aliphatic heterocycles. The van der Waals surface area contributed by atoms with Crippen molar-refractivity contribution in [3.05, 3.63) is 86.3 Å².